The van der Waals surface area contributed by atoms with Gasteiger partial charge >= 0.3 is 5.97 Å². The van der Waals surface area contributed by atoms with Crippen molar-refractivity contribution in [2.75, 3.05) is 5.32 Å². The molecule has 6 heteroatoms. The Labute approximate surface area is 197 Å². The summed E-state index contributed by atoms with van der Waals surface area (Å²) in [6.45, 7) is 0. The highest BCUT2D eigenvalue weighted by atomic mass is 35.5. The van der Waals surface area contributed by atoms with Crippen LogP contribution in [0.1, 0.15) is 46.4 Å². The zero-order valence-corrected chi connectivity index (χ0v) is 18.7. The average Bonchev–Trinajstić information content (AvgIpc) is 2.84. The fourth-order valence-corrected chi connectivity index (χ4v) is 4.46. The second kappa shape index (κ2) is 10.0. The summed E-state index contributed by atoms with van der Waals surface area (Å²) in [4.78, 5) is 36.8. The third-order valence-corrected chi connectivity index (χ3v) is 6.42. The molecule has 0 spiro atoms. The summed E-state index contributed by atoms with van der Waals surface area (Å²) in [5.74, 6) is -2.24. The highest BCUT2D eigenvalue weighted by Crippen LogP contribution is 2.33. The van der Waals surface area contributed by atoms with Gasteiger partial charge in [-0.15, -0.1) is 0 Å². The van der Waals surface area contributed by atoms with E-state index in [0.717, 1.165) is 24.0 Å². The molecular formula is C27H24ClNO4. The van der Waals surface area contributed by atoms with Crippen LogP contribution in [-0.2, 0) is 4.79 Å². The first kappa shape index (κ1) is 22.7. The summed E-state index contributed by atoms with van der Waals surface area (Å²) >= 11 is 5.86. The van der Waals surface area contributed by atoms with E-state index < -0.39 is 17.8 Å². The minimum atomic E-state index is -0.882. The number of amides is 1. The fourth-order valence-electron chi connectivity index (χ4n) is 4.33. The van der Waals surface area contributed by atoms with E-state index in [-0.39, 0.29) is 11.7 Å². The number of carbonyl (C=O) groups excluding carboxylic acids is 2. The zero-order chi connectivity index (χ0) is 23.4. The molecule has 1 fully saturated rings. The van der Waals surface area contributed by atoms with Crippen LogP contribution < -0.4 is 5.32 Å². The SMILES string of the molecule is O=C(Nc1ccc(-c2ccc(C(=O)[C@H]3CCCC[C@@H]3C(=O)O)cc2)cc1)c1ccc(Cl)cc1. The lowest BCUT2D eigenvalue weighted by Crippen LogP contribution is -2.32. The molecule has 1 aliphatic carbocycles. The third-order valence-electron chi connectivity index (χ3n) is 6.17. The van der Waals surface area contributed by atoms with E-state index in [1.54, 1.807) is 36.4 Å². The van der Waals surface area contributed by atoms with Crippen molar-refractivity contribution in [2.24, 2.45) is 11.8 Å². The van der Waals surface area contributed by atoms with Gasteiger partial charge < -0.3 is 10.4 Å². The summed E-state index contributed by atoms with van der Waals surface area (Å²) in [6, 6.07) is 21.4. The van der Waals surface area contributed by atoms with Crippen molar-refractivity contribution in [3.8, 4) is 11.1 Å². The van der Waals surface area contributed by atoms with E-state index in [0.29, 0.717) is 34.7 Å². The van der Waals surface area contributed by atoms with Crippen LogP contribution in [0.4, 0.5) is 5.69 Å². The molecule has 168 valence electrons. The first-order valence-electron chi connectivity index (χ1n) is 11.0. The van der Waals surface area contributed by atoms with Gasteiger partial charge in [-0.05, 0) is 60.4 Å². The molecule has 0 saturated heterocycles. The summed E-state index contributed by atoms with van der Waals surface area (Å²) < 4.78 is 0. The molecule has 0 aliphatic heterocycles. The van der Waals surface area contributed by atoms with E-state index in [1.165, 1.54) is 0 Å². The lowest BCUT2D eigenvalue weighted by Gasteiger charge is -2.27. The van der Waals surface area contributed by atoms with E-state index in [2.05, 4.69) is 5.32 Å². The number of halogens is 1. The molecule has 1 saturated carbocycles. The maximum atomic E-state index is 12.9. The molecule has 4 rings (SSSR count). The molecule has 5 nitrogen and oxygen atoms in total. The second-order valence-electron chi connectivity index (χ2n) is 8.32. The quantitative estimate of drug-likeness (QED) is 0.420. The van der Waals surface area contributed by atoms with Gasteiger partial charge in [0.15, 0.2) is 5.78 Å². The van der Waals surface area contributed by atoms with Crippen LogP contribution in [0.15, 0.2) is 72.8 Å². The van der Waals surface area contributed by atoms with E-state index in [4.69, 9.17) is 11.6 Å². The number of Topliss-reactive ketones (excluding diaryl/α,β-unsaturated/α-hetero) is 1. The summed E-state index contributed by atoms with van der Waals surface area (Å²) in [7, 11) is 0. The molecule has 0 aromatic heterocycles. The van der Waals surface area contributed by atoms with Crippen molar-refractivity contribution in [1.82, 2.24) is 0 Å². The average molecular weight is 462 g/mol. The Bertz CT molecular complexity index is 1150. The van der Waals surface area contributed by atoms with Crippen LogP contribution in [0.5, 0.6) is 0 Å². The number of aliphatic carboxylic acids is 1. The number of hydrogen-bond acceptors (Lipinski definition) is 3. The second-order valence-corrected chi connectivity index (χ2v) is 8.75. The topological polar surface area (TPSA) is 83.5 Å². The number of carboxylic acid groups (broad SMARTS) is 1. The molecule has 3 aromatic rings. The first-order chi connectivity index (χ1) is 15.9. The number of carbonyl (C=O) groups is 3. The normalized spacial score (nSPS) is 17.8. The largest absolute Gasteiger partial charge is 0.481 e. The van der Waals surface area contributed by atoms with Crippen molar-refractivity contribution in [1.29, 1.82) is 0 Å². The van der Waals surface area contributed by atoms with Gasteiger partial charge in [0.1, 0.15) is 0 Å². The molecule has 3 aromatic carbocycles. The number of benzene rings is 3. The lowest BCUT2D eigenvalue weighted by molar-refractivity contribution is -0.144. The monoisotopic (exact) mass is 461 g/mol. The number of hydrogen-bond donors (Lipinski definition) is 2. The Balaban J connectivity index is 1.43. The number of carboxylic acids is 1. The van der Waals surface area contributed by atoms with Gasteiger partial charge in [0.25, 0.3) is 5.91 Å². The van der Waals surface area contributed by atoms with Gasteiger partial charge in [-0.3, -0.25) is 14.4 Å². The van der Waals surface area contributed by atoms with Gasteiger partial charge in [0, 0.05) is 27.8 Å². The predicted molar refractivity (Wildman–Crippen MR) is 129 cm³/mol. The van der Waals surface area contributed by atoms with Crippen molar-refractivity contribution >= 4 is 34.9 Å². The molecule has 2 atom stereocenters. The molecular weight excluding hydrogens is 438 g/mol. The molecule has 0 heterocycles. The fraction of sp³-hybridized carbons (Fsp3) is 0.222. The van der Waals surface area contributed by atoms with Crippen LogP contribution >= 0.6 is 11.6 Å². The molecule has 1 aliphatic rings. The van der Waals surface area contributed by atoms with Crippen LogP contribution in [0, 0.1) is 11.8 Å². The minimum Gasteiger partial charge on any atom is -0.481 e. The van der Waals surface area contributed by atoms with E-state index in [1.807, 2.05) is 36.4 Å². The standard InChI is InChI=1S/C27H24ClNO4/c28-21-13-9-20(10-14-21)26(31)29-22-15-11-18(12-16-22)17-5-7-19(8-6-17)25(30)23-3-1-2-4-24(23)27(32)33/h5-16,23-24H,1-4H2,(H,29,31)(H,32,33)/t23-,24-/m0/s1. The van der Waals surface area contributed by atoms with Gasteiger partial charge in [-0.25, -0.2) is 0 Å². The van der Waals surface area contributed by atoms with Crippen molar-refractivity contribution in [3.63, 3.8) is 0 Å². The summed E-state index contributed by atoms with van der Waals surface area (Å²) in [5.41, 5.74) is 3.61. The Morgan fingerprint density at radius 3 is 1.82 bits per heavy atom. The Morgan fingerprint density at radius 1 is 0.727 bits per heavy atom. The Morgan fingerprint density at radius 2 is 1.24 bits per heavy atom. The Kier molecular flexibility index (Phi) is 6.90. The van der Waals surface area contributed by atoms with Crippen molar-refractivity contribution in [2.45, 2.75) is 25.7 Å². The Hall–Kier alpha value is -3.44. The summed E-state index contributed by atoms with van der Waals surface area (Å²) in [6.07, 6.45) is 2.93. The van der Waals surface area contributed by atoms with Gasteiger partial charge in [0.2, 0.25) is 0 Å². The number of anilines is 1. The molecule has 2 N–H and O–H groups in total. The predicted octanol–water partition coefficient (Wildman–Crippen LogP) is 6.33. The summed E-state index contributed by atoms with van der Waals surface area (Å²) in [5, 5.41) is 12.9. The minimum absolute atomic E-state index is 0.0890. The molecule has 0 unspecified atom stereocenters. The molecule has 0 bridgehead atoms. The number of nitrogens with one attached hydrogen (secondary N) is 1. The highest BCUT2D eigenvalue weighted by Gasteiger charge is 2.35. The van der Waals surface area contributed by atoms with Crippen LogP contribution in [0.2, 0.25) is 5.02 Å². The number of rotatable bonds is 6. The van der Waals surface area contributed by atoms with Crippen LogP contribution in [-0.4, -0.2) is 22.8 Å². The number of ketones is 1. The third kappa shape index (κ3) is 5.32. The van der Waals surface area contributed by atoms with Gasteiger partial charge in [0.05, 0.1) is 5.92 Å². The van der Waals surface area contributed by atoms with Crippen molar-refractivity contribution in [3.05, 3.63) is 88.9 Å². The van der Waals surface area contributed by atoms with Gasteiger partial charge in [-0.2, -0.15) is 0 Å². The molecule has 33 heavy (non-hydrogen) atoms. The lowest BCUT2D eigenvalue weighted by atomic mass is 9.75. The van der Waals surface area contributed by atoms with Crippen LogP contribution in [0.3, 0.4) is 0 Å². The smallest absolute Gasteiger partial charge is 0.307 e. The van der Waals surface area contributed by atoms with Crippen molar-refractivity contribution < 1.29 is 19.5 Å². The van der Waals surface area contributed by atoms with Gasteiger partial charge in [-0.1, -0.05) is 60.8 Å². The highest BCUT2D eigenvalue weighted by molar-refractivity contribution is 6.30. The molecule has 0 radical (unpaired) electrons. The van der Waals surface area contributed by atoms with E-state index >= 15 is 0 Å². The maximum absolute atomic E-state index is 12.9. The molecule has 1 amide bonds. The van der Waals surface area contributed by atoms with Crippen LogP contribution in [0.25, 0.3) is 11.1 Å². The zero-order valence-electron chi connectivity index (χ0n) is 18.0. The first-order valence-corrected chi connectivity index (χ1v) is 11.3. The maximum Gasteiger partial charge on any atom is 0.307 e. The van der Waals surface area contributed by atoms with E-state index in [9.17, 15) is 19.5 Å².